The third-order valence-corrected chi connectivity index (χ3v) is 4.19. The molecule has 3 rings (SSSR count). The van der Waals surface area contributed by atoms with Crippen LogP contribution >= 0.6 is 11.6 Å². The van der Waals surface area contributed by atoms with Gasteiger partial charge in [-0.1, -0.05) is 28.9 Å². The monoisotopic (exact) mass is 373 g/mol. The molecule has 0 saturated heterocycles. The number of nitrogens with zero attached hydrogens (tertiary/aromatic N) is 3. The van der Waals surface area contributed by atoms with E-state index in [1.54, 1.807) is 37.4 Å². The van der Waals surface area contributed by atoms with E-state index in [0.29, 0.717) is 29.6 Å². The lowest BCUT2D eigenvalue weighted by Crippen LogP contribution is -2.26. The zero-order chi connectivity index (χ0) is 18.5. The van der Waals surface area contributed by atoms with Crippen molar-refractivity contribution in [1.29, 1.82) is 0 Å². The maximum atomic E-state index is 13.7. The third kappa shape index (κ3) is 4.26. The van der Waals surface area contributed by atoms with Crippen LogP contribution in [-0.2, 0) is 11.2 Å². The van der Waals surface area contributed by atoms with Gasteiger partial charge in [0.05, 0.1) is 5.69 Å². The minimum atomic E-state index is -0.423. The Morgan fingerprint density at radius 2 is 1.92 bits per heavy atom. The number of aromatic nitrogens is 2. The van der Waals surface area contributed by atoms with Gasteiger partial charge in [-0.2, -0.15) is 4.98 Å². The summed E-state index contributed by atoms with van der Waals surface area (Å²) in [6.45, 7) is 0. The number of benzene rings is 2. The Morgan fingerprint density at radius 1 is 1.19 bits per heavy atom. The van der Waals surface area contributed by atoms with E-state index in [9.17, 15) is 9.18 Å². The van der Waals surface area contributed by atoms with Crippen LogP contribution in [0.5, 0.6) is 0 Å². The molecular weight excluding hydrogens is 357 g/mol. The zero-order valence-corrected chi connectivity index (χ0v) is 14.9. The zero-order valence-electron chi connectivity index (χ0n) is 14.2. The number of hydrogen-bond donors (Lipinski definition) is 0. The van der Waals surface area contributed by atoms with Gasteiger partial charge >= 0.3 is 0 Å². The van der Waals surface area contributed by atoms with E-state index in [-0.39, 0.29) is 18.0 Å². The van der Waals surface area contributed by atoms with Crippen molar-refractivity contribution in [1.82, 2.24) is 10.1 Å². The van der Waals surface area contributed by atoms with E-state index >= 15 is 0 Å². The number of hydrogen-bond acceptors (Lipinski definition) is 4. The molecule has 0 spiro atoms. The Morgan fingerprint density at radius 3 is 2.65 bits per heavy atom. The average Bonchev–Trinajstić information content (AvgIpc) is 3.11. The van der Waals surface area contributed by atoms with Crippen LogP contribution in [0, 0.1) is 5.82 Å². The third-order valence-electron chi connectivity index (χ3n) is 3.94. The van der Waals surface area contributed by atoms with E-state index in [2.05, 4.69) is 10.1 Å². The highest BCUT2D eigenvalue weighted by atomic mass is 35.5. The average molecular weight is 374 g/mol. The van der Waals surface area contributed by atoms with Crippen molar-refractivity contribution in [2.45, 2.75) is 19.3 Å². The van der Waals surface area contributed by atoms with Gasteiger partial charge in [0.1, 0.15) is 5.82 Å². The topological polar surface area (TPSA) is 59.2 Å². The molecule has 1 aromatic heterocycles. The van der Waals surface area contributed by atoms with E-state index in [4.69, 9.17) is 16.1 Å². The van der Waals surface area contributed by atoms with Gasteiger partial charge in [0.2, 0.25) is 17.6 Å². The molecule has 0 bridgehead atoms. The first-order chi connectivity index (χ1) is 12.5. The predicted molar refractivity (Wildman–Crippen MR) is 97.5 cm³/mol. The number of aryl methyl sites for hydroxylation is 1. The van der Waals surface area contributed by atoms with Gasteiger partial charge in [-0.25, -0.2) is 4.39 Å². The normalized spacial score (nSPS) is 10.7. The molecule has 2 aromatic carbocycles. The molecule has 0 fully saturated rings. The van der Waals surface area contributed by atoms with E-state index in [0.717, 1.165) is 5.56 Å². The molecular formula is C19H17ClFN3O2. The summed E-state index contributed by atoms with van der Waals surface area (Å²) in [6.07, 6.45) is 1.25. The highest BCUT2D eigenvalue weighted by Crippen LogP contribution is 2.20. The van der Waals surface area contributed by atoms with Crippen molar-refractivity contribution < 1.29 is 13.7 Å². The molecule has 0 aliphatic heterocycles. The van der Waals surface area contributed by atoms with Crippen molar-refractivity contribution in [3.63, 3.8) is 0 Å². The fourth-order valence-corrected chi connectivity index (χ4v) is 2.62. The SMILES string of the molecule is CN(C(=O)CCCc1nc(-c2ccc(Cl)cc2)no1)c1ccccc1F. The van der Waals surface area contributed by atoms with E-state index < -0.39 is 5.82 Å². The van der Waals surface area contributed by atoms with Gasteiger partial charge < -0.3 is 9.42 Å². The highest BCUT2D eigenvalue weighted by Gasteiger charge is 2.15. The van der Waals surface area contributed by atoms with Crippen LogP contribution in [0.1, 0.15) is 18.7 Å². The van der Waals surface area contributed by atoms with Gasteiger partial charge in [0.25, 0.3) is 0 Å². The number of amides is 1. The maximum Gasteiger partial charge on any atom is 0.226 e. The lowest BCUT2D eigenvalue weighted by atomic mass is 10.2. The summed E-state index contributed by atoms with van der Waals surface area (Å²) in [7, 11) is 1.56. The predicted octanol–water partition coefficient (Wildman–Crippen LogP) is 4.51. The van der Waals surface area contributed by atoms with Crippen LogP contribution in [0.4, 0.5) is 10.1 Å². The number of carbonyl (C=O) groups excluding carboxylic acids is 1. The number of anilines is 1. The first-order valence-corrected chi connectivity index (χ1v) is 8.52. The summed E-state index contributed by atoms with van der Waals surface area (Å²) in [5.41, 5.74) is 1.07. The maximum absolute atomic E-state index is 13.7. The Hall–Kier alpha value is -2.73. The van der Waals surface area contributed by atoms with E-state index in [1.165, 1.54) is 11.0 Å². The molecule has 0 unspecified atom stereocenters. The standard InChI is InChI=1S/C19H17ClFN3O2/c1-24(16-6-3-2-5-15(16)21)18(25)8-4-7-17-22-19(23-26-17)13-9-11-14(20)12-10-13/h2-3,5-6,9-12H,4,7-8H2,1H3. The van der Waals surface area contributed by atoms with Gasteiger partial charge in [0, 0.05) is 30.5 Å². The second-order valence-corrected chi connectivity index (χ2v) is 6.21. The van der Waals surface area contributed by atoms with Crippen LogP contribution in [0.25, 0.3) is 11.4 Å². The molecule has 26 heavy (non-hydrogen) atoms. The smallest absolute Gasteiger partial charge is 0.226 e. The first kappa shape index (κ1) is 18.1. The number of halogens is 2. The summed E-state index contributed by atoms with van der Waals surface area (Å²) in [5.74, 6) is 0.336. The molecule has 1 amide bonds. The largest absolute Gasteiger partial charge is 0.339 e. The summed E-state index contributed by atoms with van der Waals surface area (Å²) in [6, 6.07) is 13.3. The van der Waals surface area contributed by atoms with Crippen LogP contribution in [-0.4, -0.2) is 23.1 Å². The molecule has 0 aliphatic rings. The molecule has 1 heterocycles. The molecule has 5 nitrogen and oxygen atoms in total. The summed E-state index contributed by atoms with van der Waals surface area (Å²) >= 11 is 5.86. The summed E-state index contributed by atoms with van der Waals surface area (Å²) in [4.78, 5) is 17.9. The lowest BCUT2D eigenvalue weighted by molar-refractivity contribution is -0.118. The second kappa shape index (κ2) is 8.10. The van der Waals surface area contributed by atoms with Crippen LogP contribution < -0.4 is 4.90 Å². The first-order valence-electron chi connectivity index (χ1n) is 8.14. The Balaban J connectivity index is 1.54. The van der Waals surface area contributed by atoms with Crippen LogP contribution in [0.15, 0.2) is 53.1 Å². The minimum Gasteiger partial charge on any atom is -0.339 e. The fraction of sp³-hybridized carbons (Fsp3) is 0.211. The minimum absolute atomic E-state index is 0.174. The quantitative estimate of drug-likeness (QED) is 0.637. The summed E-state index contributed by atoms with van der Waals surface area (Å²) in [5, 5.41) is 4.57. The van der Waals surface area contributed by atoms with Gasteiger partial charge in [0.15, 0.2) is 0 Å². The number of carbonyl (C=O) groups is 1. The van der Waals surface area contributed by atoms with Crippen LogP contribution in [0.2, 0.25) is 5.02 Å². The molecule has 134 valence electrons. The molecule has 0 radical (unpaired) electrons. The Kier molecular flexibility index (Phi) is 5.63. The molecule has 0 aliphatic carbocycles. The molecule has 3 aromatic rings. The van der Waals surface area contributed by atoms with Gasteiger partial charge in [-0.3, -0.25) is 4.79 Å². The van der Waals surface area contributed by atoms with Crippen molar-refractivity contribution in [3.05, 3.63) is 65.3 Å². The Labute approximate surface area is 155 Å². The summed E-state index contributed by atoms with van der Waals surface area (Å²) < 4.78 is 19.0. The second-order valence-electron chi connectivity index (χ2n) is 5.78. The van der Waals surface area contributed by atoms with Crippen molar-refractivity contribution in [2.24, 2.45) is 0 Å². The fourth-order valence-electron chi connectivity index (χ4n) is 2.49. The Bertz CT molecular complexity index is 896. The van der Waals surface area contributed by atoms with Crippen molar-refractivity contribution >= 4 is 23.2 Å². The van der Waals surface area contributed by atoms with Crippen molar-refractivity contribution in [2.75, 3.05) is 11.9 Å². The molecule has 0 N–H and O–H groups in total. The highest BCUT2D eigenvalue weighted by molar-refractivity contribution is 6.30. The molecule has 7 heteroatoms. The van der Waals surface area contributed by atoms with E-state index in [1.807, 2.05) is 12.1 Å². The number of para-hydroxylation sites is 1. The lowest BCUT2D eigenvalue weighted by Gasteiger charge is -2.17. The van der Waals surface area contributed by atoms with Crippen molar-refractivity contribution in [3.8, 4) is 11.4 Å². The molecule has 0 atom stereocenters. The number of rotatable bonds is 6. The molecule has 0 saturated carbocycles. The van der Waals surface area contributed by atoms with Gasteiger partial charge in [-0.05, 0) is 42.8 Å². The van der Waals surface area contributed by atoms with Gasteiger partial charge in [-0.15, -0.1) is 0 Å². The van der Waals surface area contributed by atoms with Crippen LogP contribution in [0.3, 0.4) is 0 Å².